The number of rotatable bonds is 4. The second kappa shape index (κ2) is 6.24. The lowest BCUT2D eigenvalue weighted by atomic mass is 10.1. The molecule has 0 fully saturated rings. The van der Waals surface area contributed by atoms with Crippen molar-refractivity contribution in [2.24, 2.45) is 0 Å². The summed E-state index contributed by atoms with van der Waals surface area (Å²) >= 11 is 0. The van der Waals surface area contributed by atoms with E-state index in [1.807, 2.05) is 67.6 Å². The van der Waals surface area contributed by atoms with Crippen LogP contribution in [0.5, 0.6) is 5.75 Å². The van der Waals surface area contributed by atoms with Gasteiger partial charge < -0.3 is 9.15 Å². The first-order chi connectivity index (χ1) is 10.8. The highest BCUT2D eigenvalue weighted by atomic mass is 16.5. The van der Waals surface area contributed by atoms with Gasteiger partial charge in [0.2, 0.25) is 0 Å². The Hall–Kier alpha value is -2.92. The van der Waals surface area contributed by atoms with Gasteiger partial charge in [-0.25, -0.2) is 0 Å². The average molecular weight is 288 g/mol. The molecule has 0 aliphatic heterocycles. The molecule has 1 aromatic heterocycles. The molecule has 3 rings (SSSR count). The van der Waals surface area contributed by atoms with Gasteiger partial charge in [-0.1, -0.05) is 36.3 Å². The molecule has 3 aromatic rings. The van der Waals surface area contributed by atoms with Crippen molar-refractivity contribution in [3.8, 4) is 29.4 Å². The molecule has 0 N–H and O–H groups in total. The van der Waals surface area contributed by atoms with Crippen LogP contribution >= 0.6 is 0 Å². The zero-order valence-corrected chi connectivity index (χ0v) is 12.4. The number of furan rings is 1. The van der Waals surface area contributed by atoms with E-state index >= 15 is 0 Å². The summed E-state index contributed by atoms with van der Waals surface area (Å²) in [6, 6.07) is 19.7. The third-order valence-electron chi connectivity index (χ3n) is 3.40. The van der Waals surface area contributed by atoms with E-state index in [1.165, 1.54) is 0 Å². The van der Waals surface area contributed by atoms with Crippen LogP contribution in [0.2, 0.25) is 0 Å². The molecule has 1 heterocycles. The molecule has 0 saturated carbocycles. The number of hydrogen-bond acceptors (Lipinski definition) is 2. The zero-order valence-electron chi connectivity index (χ0n) is 12.4. The predicted octanol–water partition coefficient (Wildman–Crippen LogP) is 4.82. The number of ether oxygens (including phenoxy) is 1. The van der Waals surface area contributed by atoms with E-state index in [4.69, 9.17) is 15.6 Å². The maximum absolute atomic E-state index is 5.84. The lowest BCUT2D eigenvalue weighted by Gasteiger charge is -2.09. The van der Waals surface area contributed by atoms with Crippen molar-refractivity contribution in [1.29, 1.82) is 0 Å². The van der Waals surface area contributed by atoms with Crippen LogP contribution in [-0.4, -0.2) is 0 Å². The maximum atomic E-state index is 5.84. The van der Waals surface area contributed by atoms with Gasteiger partial charge in [-0.05, 0) is 42.8 Å². The van der Waals surface area contributed by atoms with Crippen molar-refractivity contribution in [3.63, 3.8) is 0 Å². The van der Waals surface area contributed by atoms with E-state index in [0.717, 1.165) is 28.2 Å². The maximum Gasteiger partial charge on any atom is 0.135 e. The fourth-order valence-corrected chi connectivity index (χ4v) is 2.25. The van der Waals surface area contributed by atoms with Crippen LogP contribution in [0.3, 0.4) is 0 Å². The summed E-state index contributed by atoms with van der Waals surface area (Å²) in [5.41, 5.74) is 2.78. The molecule has 0 amide bonds. The average Bonchev–Trinajstić information content (AvgIpc) is 3.00. The van der Waals surface area contributed by atoms with Crippen molar-refractivity contribution in [2.75, 3.05) is 0 Å². The molecule has 2 aromatic carbocycles. The van der Waals surface area contributed by atoms with E-state index in [2.05, 4.69) is 5.92 Å². The highest BCUT2D eigenvalue weighted by molar-refractivity contribution is 5.63. The van der Waals surface area contributed by atoms with Gasteiger partial charge in [-0.15, -0.1) is 6.42 Å². The molecule has 0 atom stereocenters. The highest BCUT2D eigenvalue weighted by Crippen LogP contribution is 2.28. The normalized spacial score (nSPS) is 10.2. The van der Waals surface area contributed by atoms with Gasteiger partial charge in [0.1, 0.15) is 23.9 Å². The second-order valence-electron chi connectivity index (χ2n) is 5.04. The van der Waals surface area contributed by atoms with Crippen molar-refractivity contribution >= 4 is 0 Å². The molecule has 0 unspecified atom stereocenters. The molecule has 0 aliphatic carbocycles. The first kappa shape index (κ1) is 14.0. The summed E-state index contributed by atoms with van der Waals surface area (Å²) in [5.74, 6) is 5.07. The molecule has 0 aliphatic rings. The van der Waals surface area contributed by atoms with Crippen molar-refractivity contribution in [3.05, 3.63) is 77.6 Å². The topological polar surface area (TPSA) is 22.4 Å². The molecule has 0 radical (unpaired) electrons. The standard InChI is InChI=1S/C20H16O2/c1-3-17-13-18(20-11-9-15(2)22-20)10-12-19(17)21-14-16-7-5-4-6-8-16/h1,4-13H,14H2,2H3. The zero-order chi connectivity index (χ0) is 15.4. The highest BCUT2D eigenvalue weighted by Gasteiger charge is 2.08. The van der Waals surface area contributed by atoms with Crippen molar-refractivity contribution in [1.82, 2.24) is 0 Å². The van der Waals surface area contributed by atoms with Gasteiger partial charge in [0, 0.05) is 5.56 Å². The smallest absolute Gasteiger partial charge is 0.135 e. The Morgan fingerprint density at radius 2 is 1.86 bits per heavy atom. The molecule has 0 saturated heterocycles. The van der Waals surface area contributed by atoms with Gasteiger partial charge in [0.15, 0.2) is 0 Å². The summed E-state index contributed by atoms with van der Waals surface area (Å²) in [6.45, 7) is 2.41. The van der Waals surface area contributed by atoms with E-state index in [0.29, 0.717) is 12.4 Å². The van der Waals surface area contributed by atoms with E-state index in [9.17, 15) is 0 Å². The quantitative estimate of drug-likeness (QED) is 0.642. The first-order valence-electron chi connectivity index (χ1n) is 7.10. The van der Waals surface area contributed by atoms with E-state index in [-0.39, 0.29) is 0 Å². The SMILES string of the molecule is C#Cc1cc(-c2ccc(C)o2)ccc1OCc1ccccc1. The molecule has 0 spiro atoms. The lowest BCUT2D eigenvalue weighted by molar-refractivity contribution is 0.305. The summed E-state index contributed by atoms with van der Waals surface area (Å²) in [5, 5.41) is 0. The van der Waals surface area contributed by atoms with Crippen LogP contribution in [0.15, 0.2) is 65.1 Å². The largest absolute Gasteiger partial charge is 0.488 e. The Balaban J connectivity index is 1.82. The molecule has 2 heteroatoms. The van der Waals surface area contributed by atoms with Crippen molar-refractivity contribution in [2.45, 2.75) is 13.5 Å². The van der Waals surface area contributed by atoms with Crippen LogP contribution in [0, 0.1) is 19.3 Å². The van der Waals surface area contributed by atoms with E-state index < -0.39 is 0 Å². The lowest BCUT2D eigenvalue weighted by Crippen LogP contribution is -1.97. The molecular weight excluding hydrogens is 272 g/mol. The molecule has 108 valence electrons. The summed E-state index contributed by atoms with van der Waals surface area (Å²) in [4.78, 5) is 0. The van der Waals surface area contributed by atoms with Crippen LogP contribution in [0.4, 0.5) is 0 Å². The van der Waals surface area contributed by atoms with Gasteiger partial charge in [-0.3, -0.25) is 0 Å². The molecular formula is C20H16O2. The second-order valence-corrected chi connectivity index (χ2v) is 5.04. The van der Waals surface area contributed by atoms with Crippen LogP contribution in [-0.2, 0) is 6.61 Å². The third kappa shape index (κ3) is 3.05. The van der Waals surface area contributed by atoms with Crippen molar-refractivity contribution < 1.29 is 9.15 Å². The Bertz CT molecular complexity index is 807. The number of terminal acetylenes is 1. The molecule has 2 nitrogen and oxygen atoms in total. The van der Waals surface area contributed by atoms with Crippen LogP contribution in [0.1, 0.15) is 16.9 Å². The van der Waals surface area contributed by atoms with Gasteiger partial charge in [-0.2, -0.15) is 0 Å². The Morgan fingerprint density at radius 3 is 2.55 bits per heavy atom. The number of benzene rings is 2. The predicted molar refractivity (Wildman–Crippen MR) is 87.6 cm³/mol. The number of aryl methyl sites for hydroxylation is 1. The third-order valence-corrected chi connectivity index (χ3v) is 3.40. The fourth-order valence-electron chi connectivity index (χ4n) is 2.25. The molecule has 0 bridgehead atoms. The monoisotopic (exact) mass is 288 g/mol. The minimum atomic E-state index is 0.495. The Kier molecular flexibility index (Phi) is 3.98. The van der Waals surface area contributed by atoms with Gasteiger partial charge in [0.25, 0.3) is 0 Å². The fraction of sp³-hybridized carbons (Fsp3) is 0.100. The van der Waals surface area contributed by atoms with Crippen LogP contribution < -0.4 is 4.74 Å². The summed E-state index contributed by atoms with van der Waals surface area (Å²) in [7, 11) is 0. The minimum Gasteiger partial charge on any atom is -0.488 e. The first-order valence-corrected chi connectivity index (χ1v) is 7.10. The summed E-state index contributed by atoms with van der Waals surface area (Å²) < 4.78 is 11.5. The van der Waals surface area contributed by atoms with Gasteiger partial charge in [0.05, 0.1) is 5.56 Å². The number of hydrogen-bond donors (Lipinski definition) is 0. The molecule has 22 heavy (non-hydrogen) atoms. The Morgan fingerprint density at radius 1 is 1.05 bits per heavy atom. The Labute approximate surface area is 130 Å². The summed E-state index contributed by atoms with van der Waals surface area (Å²) in [6.07, 6.45) is 5.61. The van der Waals surface area contributed by atoms with Crippen LogP contribution in [0.25, 0.3) is 11.3 Å². The van der Waals surface area contributed by atoms with E-state index in [1.54, 1.807) is 0 Å². The minimum absolute atomic E-state index is 0.495. The van der Waals surface area contributed by atoms with Gasteiger partial charge >= 0.3 is 0 Å².